The summed E-state index contributed by atoms with van der Waals surface area (Å²) in [4.78, 5) is 1.90. The fourth-order valence-corrected chi connectivity index (χ4v) is 2.83. The summed E-state index contributed by atoms with van der Waals surface area (Å²) in [7, 11) is 0. The molecule has 0 atom stereocenters. The van der Waals surface area contributed by atoms with Gasteiger partial charge in [0.15, 0.2) is 0 Å². The Morgan fingerprint density at radius 2 is 0.871 bits per heavy atom. The maximum Gasteiger partial charge on any atom is 0.0858 e. The molecular weight excluding hydrogens is 394 g/mol. The molecule has 0 bridgehead atoms. The molecule has 0 aromatic heterocycles. The summed E-state index contributed by atoms with van der Waals surface area (Å²) in [6.45, 7) is 0.960. The highest BCUT2D eigenvalue weighted by atomic mass is 16.3. The van der Waals surface area contributed by atoms with Crippen molar-refractivity contribution in [1.29, 1.82) is 0 Å². The van der Waals surface area contributed by atoms with Crippen LogP contribution in [0.3, 0.4) is 0 Å². The van der Waals surface area contributed by atoms with Crippen LogP contribution in [-0.4, -0.2) is 41.6 Å². The van der Waals surface area contributed by atoms with Crippen molar-refractivity contribution < 1.29 is 15.3 Å². The second-order valence-corrected chi connectivity index (χ2v) is 6.69. The number of hydrogen-bond acceptors (Lipinski definition) is 8. The lowest BCUT2D eigenvalue weighted by Crippen LogP contribution is -2.29. The minimum atomic E-state index is 0.00343. The van der Waals surface area contributed by atoms with Crippen molar-refractivity contribution in [3.8, 4) is 0 Å². The van der Waals surface area contributed by atoms with E-state index in [2.05, 4.69) is 20.5 Å². The van der Waals surface area contributed by atoms with Crippen LogP contribution in [0.15, 0.2) is 93.3 Å². The van der Waals surface area contributed by atoms with Crippen LogP contribution in [-0.2, 0) is 6.61 Å². The molecule has 160 valence electrons. The van der Waals surface area contributed by atoms with Crippen molar-refractivity contribution in [3.63, 3.8) is 0 Å². The Labute approximate surface area is 180 Å². The molecule has 0 heterocycles. The van der Waals surface area contributed by atoms with Crippen molar-refractivity contribution in [3.05, 3.63) is 78.4 Å². The summed E-state index contributed by atoms with van der Waals surface area (Å²) in [5.74, 6) is 0. The number of anilines is 1. The van der Waals surface area contributed by atoms with E-state index in [0.29, 0.717) is 35.8 Å². The highest BCUT2D eigenvalue weighted by Crippen LogP contribution is 2.25. The van der Waals surface area contributed by atoms with E-state index in [9.17, 15) is 0 Å². The van der Waals surface area contributed by atoms with Crippen molar-refractivity contribution in [2.75, 3.05) is 31.2 Å². The van der Waals surface area contributed by atoms with Gasteiger partial charge in [-0.2, -0.15) is 20.5 Å². The minimum absolute atomic E-state index is 0.00343. The zero-order valence-corrected chi connectivity index (χ0v) is 17.0. The van der Waals surface area contributed by atoms with Crippen molar-refractivity contribution in [2.45, 2.75) is 6.61 Å². The summed E-state index contributed by atoms with van der Waals surface area (Å²) in [6.07, 6.45) is 0. The molecule has 0 fully saturated rings. The fourth-order valence-electron chi connectivity index (χ4n) is 2.83. The SMILES string of the molecule is OCCN(CCO)c1ccc(N=Nc2ccc(N=Nc3ccc(CO)cc3)cc2)cc1. The van der Waals surface area contributed by atoms with E-state index >= 15 is 0 Å². The molecule has 0 aliphatic rings. The molecule has 0 spiro atoms. The standard InChI is InChI=1S/C23H25N5O3/c29-15-13-28(14-16-30)23-11-9-22(10-12-23)27-26-21-7-5-20(6-8-21)25-24-19-3-1-18(17-31)2-4-19/h1-12,29-31H,13-17H2. The maximum absolute atomic E-state index is 9.14. The van der Waals surface area contributed by atoms with Crippen LogP contribution in [0.5, 0.6) is 0 Å². The van der Waals surface area contributed by atoms with E-state index in [1.807, 2.05) is 53.4 Å². The first-order chi connectivity index (χ1) is 15.2. The van der Waals surface area contributed by atoms with Gasteiger partial charge in [-0.15, -0.1) is 0 Å². The van der Waals surface area contributed by atoms with Crippen LogP contribution in [0, 0.1) is 0 Å². The largest absolute Gasteiger partial charge is 0.395 e. The van der Waals surface area contributed by atoms with Crippen LogP contribution in [0.4, 0.5) is 28.4 Å². The van der Waals surface area contributed by atoms with Gasteiger partial charge >= 0.3 is 0 Å². The molecule has 3 N–H and O–H groups in total. The molecular formula is C23H25N5O3. The Balaban J connectivity index is 1.60. The lowest BCUT2D eigenvalue weighted by molar-refractivity contribution is 0.281. The summed E-state index contributed by atoms with van der Waals surface area (Å²) in [5.41, 5.74) is 4.53. The van der Waals surface area contributed by atoms with Gasteiger partial charge in [0.05, 0.1) is 42.6 Å². The molecule has 0 radical (unpaired) electrons. The Morgan fingerprint density at radius 3 is 1.23 bits per heavy atom. The molecule has 0 unspecified atom stereocenters. The normalized spacial score (nSPS) is 11.5. The number of nitrogens with zero attached hydrogens (tertiary/aromatic N) is 5. The van der Waals surface area contributed by atoms with Crippen LogP contribution in [0.2, 0.25) is 0 Å². The summed E-state index contributed by atoms with van der Waals surface area (Å²) >= 11 is 0. The van der Waals surface area contributed by atoms with Crippen molar-refractivity contribution in [1.82, 2.24) is 0 Å². The van der Waals surface area contributed by atoms with E-state index in [0.717, 1.165) is 11.3 Å². The summed E-state index contributed by atoms with van der Waals surface area (Å²) < 4.78 is 0. The molecule has 31 heavy (non-hydrogen) atoms. The molecule has 0 aliphatic carbocycles. The minimum Gasteiger partial charge on any atom is -0.395 e. The average molecular weight is 419 g/mol. The van der Waals surface area contributed by atoms with Gasteiger partial charge in [-0.05, 0) is 66.2 Å². The number of aliphatic hydroxyl groups excluding tert-OH is 3. The predicted octanol–water partition coefficient (Wildman–Crippen LogP) is 4.80. The highest BCUT2D eigenvalue weighted by Gasteiger charge is 2.05. The third-order valence-corrected chi connectivity index (χ3v) is 4.49. The van der Waals surface area contributed by atoms with Crippen LogP contribution in [0.1, 0.15) is 5.56 Å². The first-order valence-electron chi connectivity index (χ1n) is 9.92. The number of benzene rings is 3. The maximum atomic E-state index is 9.14. The summed E-state index contributed by atoms with van der Waals surface area (Å²) in [5, 5.41) is 44.2. The molecule has 0 aliphatic heterocycles. The van der Waals surface area contributed by atoms with Gasteiger partial charge in [-0.25, -0.2) is 0 Å². The molecule has 0 saturated heterocycles. The smallest absolute Gasteiger partial charge is 0.0858 e. The second-order valence-electron chi connectivity index (χ2n) is 6.69. The van der Waals surface area contributed by atoms with Crippen molar-refractivity contribution in [2.24, 2.45) is 20.5 Å². The van der Waals surface area contributed by atoms with Gasteiger partial charge in [-0.1, -0.05) is 12.1 Å². The Hall–Kier alpha value is -3.46. The van der Waals surface area contributed by atoms with E-state index in [-0.39, 0.29) is 19.8 Å². The molecule has 0 saturated carbocycles. The van der Waals surface area contributed by atoms with Gasteiger partial charge in [0.1, 0.15) is 0 Å². The molecule has 3 aromatic rings. The lowest BCUT2D eigenvalue weighted by Gasteiger charge is -2.22. The van der Waals surface area contributed by atoms with E-state index in [4.69, 9.17) is 15.3 Å². The van der Waals surface area contributed by atoms with Gasteiger partial charge in [0.25, 0.3) is 0 Å². The Morgan fingerprint density at radius 1 is 0.516 bits per heavy atom. The second kappa shape index (κ2) is 11.7. The van der Waals surface area contributed by atoms with Crippen molar-refractivity contribution >= 4 is 28.4 Å². The molecule has 3 aromatic carbocycles. The quantitative estimate of drug-likeness (QED) is 0.410. The number of hydrogen-bond donors (Lipinski definition) is 3. The summed E-state index contributed by atoms with van der Waals surface area (Å²) in [6, 6.07) is 21.9. The first-order valence-corrected chi connectivity index (χ1v) is 9.92. The van der Waals surface area contributed by atoms with Crippen LogP contribution >= 0.6 is 0 Å². The average Bonchev–Trinajstić information content (AvgIpc) is 2.82. The Bertz CT molecular complexity index is 981. The topological polar surface area (TPSA) is 113 Å². The number of aliphatic hydroxyl groups is 3. The first kappa shape index (κ1) is 22.2. The van der Waals surface area contributed by atoms with Gasteiger partial charge in [-0.3, -0.25) is 0 Å². The molecule has 8 heteroatoms. The number of azo groups is 2. The lowest BCUT2D eigenvalue weighted by atomic mass is 10.2. The van der Waals surface area contributed by atoms with Gasteiger partial charge < -0.3 is 20.2 Å². The monoisotopic (exact) mass is 419 g/mol. The zero-order chi connectivity index (χ0) is 21.9. The predicted molar refractivity (Wildman–Crippen MR) is 120 cm³/mol. The van der Waals surface area contributed by atoms with E-state index in [1.54, 1.807) is 24.3 Å². The molecule has 8 nitrogen and oxygen atoms in total. The molecule has 3 rings (SSSR count). The van der Waals surface area contributed by atoms with Crippen LogP contribution in [0.25, 0.3) is 0 Å². The van der Waals surface area contributed by atoms with Crippen LogP contribution < -0.4 is 4.90 Å². The third-order valence-electron chi connectivity index (χ3n) is 4.49. The van der Waals surface area contributed by atoms with E-state index in [1.165, 1.54) is 0 Å². The fraction of sp³-hybridized carbons (Fsp3) is 0.217. The van der Waals surface area contributed by atoms with Gasteiger partial charge in [0, 0.05) is 18.8 Å². The number of rotatable bonds is 10. The molecule has 0 amide bonds. The third kappa shape index (κ3) is 6.78. The zero-order valence-electron chi connectivity index (χ0n) is 17.0. The van der Waals surface area contributed by atoms with E-state index < -0.39 is 0 Å². The van der Waals surface area contributed by atoms with Gasteiger partial charge in [0.2, 0.25) is 0 Å². The highest BCUT2D eigenvalue weighted by molar-refractivity contribution is 5.53. The Kier molecular flexibility index (Phi) is 8.36.